The fraction of sp³-hybridized carbons (Fsp3) is 0.353. The van der Waals surface area contributed by atoms with Crippen LogP contribution in [0.3, 0.4) is 0 Å². The van der Waals surface area contributed by atoms with E-state index in [1.165, 1.54) is 18.5 Å². The van der Waals surface area contributed by atoms with Gasteiger partial charge in [-0.3, -0.25) is 0 Å². The molecule has 0 radical (unpaired) electrons. The summed E-state index contributed by atoms with van der Waals surface area (Å²) in [6.07, 6.45) is 3.55. The van der Waals surface area contributed by atoms with Gasteiger partial charge in [0.1, 0.15) is 18.0 Å². The van der Waals surface area contributed by atoms with E-state index in [9.17, 15) is 4.39 Å². The highest BCUT2D eigenvalue weighted by molar-refractivity contribution is 5.48. The van der Waals surface area contributed by atoms with Crippen molar-refractivity contribution in [2.45, 2.75) is 25.8 Å². The van der Waals surface area contributed by atoms with Crippen molar-refractivity contribution in [3.63, 3.8) is 0 Å². The van der Waals surface area contributed by atoms with Crippen LogP contribution in [0.25, 0.3) is 5.78 Å². The first-order valence-electron chi connectivity index (χ1n) is 8.13. The van der Waals surface area contributed by atoms with Crippen molar-refractivity contribution in [3.8, 4) is 0 Å². The minimum Gasteiger partial charge on any atom is -0.382 e. The summed E-state index contributed by atoms with van der Waals surface area (Å²) in [5.74, 6) is 1.46. The third kappa shape index (κ3) is 2.89. The molecule has 0 aliphatic carbocycles. The van der Waals surface area contributed by atoms with Crippen LogP contribution in [-0.2, 0) is 0 Å². The first-order valence-corrected chi connectivity index (χ1v) is 8.13. The van der Waals surface area contributed by atoms with Crippen molar-refractivity contribution in [2.24, 2.45) is 0 Å². The van der Waals surface area contributed by atoms with E-state index in [0.717, 1.165) is 43.1 Å². The molecular weight excluding hydrogens is 307 g/mol. The molecule has 0 bridgehead atoms. The summed E-state index contributed by atoms with van der Waals surface area (Å²) in [7, 11) is 0. The van der Waals surface area contributed by atoms with Gasteiger partial charge in [0.2, 0.25) is 0 Å². The van der Waals surface area contributed by atoms with E-state index in [4.69, 9.17) is 0 Å². The van der Waals surface area contributed by atoms with E-state index < -0.39 is 0 Å². The van der Waals surface area contributed by atoms with E-state index >= 15 is 0 Å². The largest absolute Gasteiger partial charge is 0.382 e. The minimum absolute atomic E-state index is 0.208. The molecule has 1 saturated heterocycles. The normalized spacial score (nSPS) is 15.8. The molecule has 3 aromatic rings. The van der Waals surface area contributed by atoms with Crippen LogP contribution in [0, 0.1) is 12.7 Å². The second kappa shape index (κ2) is 6.07. The summed E-state index contributed by atoms with van der Waals surface area (Å²) in [6.45, 7) is 3.83. The van der Waals surface area contributed by atoms with Crippen LogP contribution < -0.4 is 10.2 Å². The van der Waals surface area contributed by atoms with Gasteiger partial charge >= 0.3 is 0 Å². The molecule has 7 heteroatoms. The average molecular weight is 326 g/mol. The number of hydrogen-bond acceptors (Lipinski definition) is 5. The minimum atomic E-state index is -0.208. The molecule has 1 N–H and O–H groups in total. The summed E-state index contributed by atoms with van der Waals surface area (Å²) in [6, 6.07) is 8.98. The zero-order valence-corrected chi connectivity index (χ0v) is 13.5. The van der Waals surface area contributed by atoms with E-state index in [2.05, 4.69) is 31.3 Å². The Morgan fingerprint density at radius 2 is 1.92 bits per heavy atom. The molecule has 1 fully saturated rings. The van der Waals surface area contributed by atoms with Crippen LogP contribution in [0.1, 0.15) is 18.5 Å². The van der Waals surface area contributed by atoms with Gasteiger partial charge < -0.3 is 10.2 Å². The van der Waals surface area contributed by atoms with Gasteiger partial charge in [0, 0.05) is 36.6 Å². The summed E-state index contributed by atoms with van der Waals surface area (Å²) >= 11 is 0. The Balaban J connectivity index is 1.45. The Morgan fingerprint density at radius 3 is 2.67 bits per heavy atom. The van der Waals surface area contributed by atoms with E-state index in [0.29, 0.717) is 11.8 Å². The molecule has 1 aliphatic heterocycles. The lowest BCUT2D eigenvalue weighted by atomic mass is 10.0. The predicted molar refractivity (Wildman–Crippen MR) is 90.8 cm³/mol. The van der Waals surface area contributed by atoms with E-state index in [-0.39, 0.29) is 5.82 Å². The highest BCUT2D eigenvalue weighted by atomic mass is 19.1. The maximum absolute atomic E-state index is 13.0. The lowest BCUT2D eigenvalue weighted by Crippen LogP contribution is -2.40. The van der Waals surface area contributed by atoms with E-state index in [1.807, 2.05) is 6.92 Å². The van der Waals surface area contributed by atoms with Gasteiger partial charge in [0.15, 0.2) is 0 Å². The molecule has 1 aliphatic rings. The Kier molecular flexibility index (Phi) is 3.76. The van der Waals surface area contributed by atoms with Crippen LogP contribution in [0.2, 0.25) is 0 Å². The molecule has 124 valence electrons. The SMILES string of the molecule is Cc1cc(N2CCC(Nc3ccc(F)cc3)CC2)n2ncnc2n1. The molecular formula is C17H19FN6. The zero-order valence-electron chi connectivity index (χ0n) is 13.5. The second-order valence-electron chi connectivity index (χ2n) is 6.14. The van der Waals surface area contributed by atoms with Crippen molar-refractivity contribution < 1.29 is 4.39 Å². The number of aromatic nitrogens is 4. The average Bonchev–Trinajstić information content (AvgIpc) is 3.05. The van der Waals surface area contributed by atoms with Crippen LogP contribution in [-0.4, -0.2) is 38.7 Å². The number of nitrogens with zero attached hydrogens (tertiary/aromatic N) is 5. The topological polar surface area (TPSA) is 58.4 Å². The molecule has 6 nitrogen and oxygen atoms in total. The molecule has 2 aromatic heterocycles. The molecule has 4 rings (SSSR count). The third-order valence-corrected chi connectivity index (χ3v) is 4.40. The van der Waals surface area contributed by atoms with Gasteiger partial charge in [-0.1, -0.05) is 0 Å². The van der Waals surface area contributed by atoms with Gasteiger partial charge in [0.25, 0.3) is 5.78 Å². The highest BCUT2D eigenvalue weighted by Crippen LogP contribution is 2.23. The molecule has 0 atom stereocenters. The Bertz CT molecular complexity index is 836. The van der Waals surface area contributed by atoms with Gasteiger partial charge in [0.05, 0.1) is 0 Å². The quantitative estimate of drug-likeness (QED) is 0.802. The maximum Gasteiger partial charge on any atom is 0.254 e. The molecule has 0 saturated carbocycles. The number of aryl methyl sites for hydroxylation is 1. The maximum atomic E-state index is 13.0. The number of halogens is 1. The zero-order chi connectivity index (χ0) is 16.5. The standard InChI is InChI=1S/C17H19FN6/c1-12-10-16(24-17(21-12)19-11-20-24)23-8-6-15(7-9-23)22-14-4-2-13(18)3-5-14/h2-5,10-11,15,22H,6-9H2,1H3. The van der Waals surface area contributed by atoms with Crippen molar-refractivity contribution >= 4 is 17.3 Å². The highest BCUT2D eigenvalue weighted by Gasteiger charge is 2.21. The van der Waals surface area contributed by atoms with Crippen molar-refractivity contribution in [2.75, 3.05) is 23.3 Å². The Hall–Kier alpha value is -2.70. The number of anilines is 2. The van der Waals surface area contributed by atoms with Gasteiger partial charge in [-0.2, -0.15) is 14.6 Å². The lowest BCUT2D eigenvalue weighted by molar-refractivity contribution is 0.520. The number of nitrogens with one attached hydrogen (secondary N) is 1. The summed E-state index contributed by atoms with van der Waals surface area (Å²) < 4.78 is 14.8. The van der Waals surface area contributed by atoms with Crippen LogP contribution in [0.15, 0.2) is 36.7 Å². The first-order chi connectivity index (χ1) is 11.7. The molecule has 0 amide bonds. The Labute approximate surface area is 139 Å². The number of fused-ring (bicyclic) bond motifs is 1. The van der Waals surface area contributed by atoms with Crippen LogP contribution in [0.5, 0.6) is 0 Å². The van der Waals surface area contributed by atoms with Crippen molar-refractivity contribution in [1.29, 1.82) is 0 Å². The first kappa shape index (κ1) is 14.9. The molecule has 24 heavy (non-hydrogen) atoms. The summed E-state index contributed by atoms with van der Waals surface area (Å²) in [4.78, 5) is 10.9. The number of rotatable bonds is 3. The van der Waals surface area contributed by atoms with Crippen LogP contribution >= 0.6 is 0 Å². The van der Waals surface area contributed by atoms with Gasteiger partial charge in [-0.25, -0.2) is 9.37 Å². The second-order valence-corrected chi connectivity index (χ2v) is 6.14. The molecule has 0 unspecified atom stereocenters. The van der Waals surface area contributed by atoms with Gasteiger partial charge in [-0.05, 0) is 44.0 Å². The fourth-order valence-corrected chi connectivity index (χ4v) is 3.17. The summed E-state index contributed by atoms with van der Waals surface area (Å²) in [5, 5.41) is 7.76. The molecule has 1 aromatic carbocycles. The molecule has 0 spiro atoms. The monoisotopic (exact) mass is 326 g/mol. The smallest absolute Gasteiger partial charge is 0.254 e. The van der Waals surface area contributed by atoms with E-state index in [1.54, 1.807) is 16.6 Å². The summed E-state index contributed by atoms with van der Waals surface area (Å²) in [5.41, 5.74) is 1.91. The molecule has 3 heterocycles. The van der Waals surface area contributed by atoms with Gasteiger partial charge in [-0.15, -0.1) is 0 Å². The number of benzene rings is 1. The van der Waals surface area contributed by atoms with Crippen LogP contribution in [0.4, 0.5) is 15.9 Å². The lowest BCUT2D eigenvalue weighted by Gasteiger charge is -2.34. The number of hydrogen-bond donors (Lipinski definition) is 1. The van der Waals surface area contributed by atoms with Crippen molar-refractivity contribution in [1.82, 2.24) is 19.6 Å². The third-order valence-electron chi connectivity index (χ3n) is 4.40. The fourth-order valence-electron chi connectivity index (χ4n) is 3.17. The number of piperidine rings is 1. The Morgan fingerprint density at radius 1 is 1.17 bits per heavy atom. The predicted octanol–water partition coefficient (Wildman–Crippen LogP) is 2.65. The van der Waals surface area contributed by atoms with Crippen molar-refractivity contribution in [3.05, 3.63) is 48.2 Å².